The molecule has 2 rings (SSSR count). The van der Waals surface area contributed by atoms with Gasteiger partial charge in [-0.15, -0.1) is 11.3 Å². The highest BCUT2D eigenvalue weighted by molar-refractivity contribution is 9.13. The number of nitrogens with one attached hydrogen (secondary N) is 1. The molecule has 0 unspecified atom stereocenters. The van der Waals surface area contributed by atoms with E-state index in [0.717, 1.165) is 19.6 Å². The number of aryl methyl sites for hydroxylation is 2. The fourth-order valence-electron chi connectivity index (χ4n) is 1.36. The molecule has 0 aliphatic rings. The second-order valence-electron chi connectivity index (χ2n) is 3.49. The molecular weight excluding hydrogens is 370 g/mol. The molecule has 0 radical (unpaired) electrons. The van der Waals surface area contributed by atoms with Crippen molar-refractivity contribution in [1.29, 1.82) is 0 Å². The van der Waals surface area contributed by atoms with Gasteiger partial charge in [0.2, 0.25) is 0 Å². The van der Waals surface area contributed by atoms with Crippen molar-refractivity contribution < 1.29 is 4.79 Å². The Kier molecular flexibility index (Phi) is 3.70. The molecule has 1 N–H and O–H groups in total. The van der Waals surface area contributed by atoms with Gasteiger partial charge in [0.15, 0.2) is 0 Å². The number of carbonyl (C=O) groups is 1. The molecule has 90 valence electrons. The first kappa shape index (κ1) is 12.8. The van der Waals surface area contributed by atoms with Crippen molar-refractivity contribution in [3.8, 4) is 0 Å². The number of hydrogen-bond donors (Lipinski definition) is 1. The average Bonchev–Trinajstić information content (AvgIpc) is 2.72. The van der Waals surface area contributed by atoms with Crippen LogP contribution in [0.3, 0.4) is 0 Å². The first-order chi connectivity index (χ1) is 7.97. The van der Waals surface area contributed by atoms with Crippen molar-refractivity contribution in [1.82, 2.24) is 9.78 Å². The summed E-state index contributed by atoms with van der Waals surface area (Å²) in [5.74, 6) is -0.127. The topological polar surface area (TPSA) is 46.9 Å². The Morgan fingerprint density at radius 3 is 2.71 bits per heavy atom. The van der Waals surface area contributed by atoms with Crippen LogP contribution in [0.25, 0.3) is 0 Å². The van der Waals surface area contributed by atoms with Crippen LogP contribution in [0.5, 0.6) is 0 Å². The summed E-state index contributed by atoms with van der Waals surface area (Å²) in [4.78, 5) is 12.6. The highest BCUT2D eigenvalue weighted by atomic mass is 79.9. The van der Waals surface area contributed by atoms with E-state index in [-0.39, 0.29) is 5.91 Å². The van der Waals surface area contributed by atoms with Crippen LogP contribution in [-0.2, 0) is 7.05 Å². The summed E-state index contributed by atoms with van der Waals surface area (Å²) in [7, 11) is 1.82. The first-order valence-corrected chi connectivity index (χ1v) is 7.14. The van der Waals surface area contributed by atoms with Crippen LogP contribution in [0.4, 0.5) is 5.69 Å². The van der Waals surface area contributed by atoms with E-state index in [0.29, 0.717) is 4.88 Å². The molecule has 0 saturated carbocycles. The van der Waals surface area contributed by atoms with Crippen LogP contribution in [-0.4, -0.2) is 15.7 Å². The summed E-state index contributed by atoms with van der Waals surface area (Å²) in [6.45, 7) is 1.86. The third-order valence-electron chi connectivity index (χ3n) is 2.13. The number of amides is 1. The average molecular weight is 379 g/mol. The van der Waals surface area contributed by atoms with Gasteiger partial charge in [-0.1, -0.05) is 0 Å². The predicted octanol–water partition coefficient (Wildman–Crippen LogP) is 3.57. The molecule has 0 saturated heterocycles. The zero-order valence-electron chi connectivity index (χ0n) is 9.12. The summed E-state index contributed by atoms with van der Waals surface area (Å²) in [6.07, 6.45) is 1.78. The number of anilines is 1. The molecule has 0 aromatic carbocycles. The Morgan fingerprint density at radius 2 is 2.24 bits per heavy atom. The molecule has 4 nitrogen and oxygen atoms in total. The van der Waals surface area contributed by atoms with Crippen molar-refractivity contribution in [3.05, 3.63) is 31.1 Å². The Bertz CT molecular complexity index is 557. The highest BCUT2D eigenvalue weighted by Crippen LogP contribution is 2.32. The maximum absolute atomic E-state index is 12.0. The zero-order valence-corrected chi connectivity index (χ0v) is 13.1. The minimum Gasteiger partial charge on any atom is -0.318 e. The number of carbonyl (C=O) groups excluding carboxylic acids is 1. The van der Waals surface area contributed by atoms with Gasteiger partial charge >= 0.3 is 0 Å². The lowest BCUT2D eigenvalue weighted by molar-refractivity contribution is 0.103. The second kappa shape index (κ2) is 4.91. The van der Waals surface area contributed by atoms with Gasteiger partial charge in [-0.2, -0.15) is 5.10 Å². The predicted molar refractivity (Wildman–Crippen MR) is 75.6 cm³/mol. The van der Waals surface area contributed by atoms with Crippen LogP contribution in [0, 0.1) is 6.92 Å². The van der Waals surface area contributed by atoms with Gasteiger partial charge in [0.1, 0.15) is 0 Å². The van der Waals surface area contributed by atoms with E-state index in [9.17, 15) is 4.79 Å². The maximum atomic E-state index is 12.0. The smallest absolute Gasteiger partial charge is 0.265 e. The molecule has 7 heteroatoms. The van der Waals surface area contributed by atoms with Crippen LogP contribution in [0.15, 0.2) is 20.5 Å². The molecule has 17 heavy (non-hydrogen) atoms. The van der Waals surface area contributed by atoms with E-state index < -0.39 is 0 Å². The van der Waals surface area contributed by atoms with Gasteiger partial charge in [-0.05, 0) is 44.8 Å². The fourth-order valence-corrected chi connectivity index (χ4v) is 3.30. The van der Waals surface area contributed by atoms with E-state index in [4.69, 9.17) is 0 Å². The third-order valence-corrected chi connectivity index (χ3v) is 5.39. The lowest BCUT2D eigenvalue weighted by atomic mass is 10.3. The standard InChI is InChI=1S/C10H9Br2N3OS/c1-5-7(4-15(2)14-5)13-10(16)8-3-6(11)9(12)17-8/h3-4H,1-2H3,(H,13,16). The molecule has 0 aliphatic heterocycles. The molecular formula is C10H9Br2N3OS. The SMILES string of the molecule is Cc1nn(C)cc1NC(=O)c1cc(Br)c(Br)s1. The van der Waals surface area contributed by atoms with E-state index in [1.165, 1.54) is 11.3 Å². The maximum Gasteiger partial charge on any atom is 0.265 e. The van der Waals surface area contributed by atoms with E-state index in [2.05, 4.69) is 42.3 Å². The Morgan fingerprint density at radius 1 is 1.53 bits per heavy atom. The third kappa shape index (κ3) is 2.78. The molecule has 2 heterocycles. The quantitative estimate of drug-likeness (QED) is 0.868. The fraction of sp³-hybridized carbons (Fsp3) is 0.200. The normalized spacial score (nSPS) is 10.6. The Labute approximate surface area is 119 Å². The summed E-state index contributed by atoms with van der Waals surface area (Å²) in [6, 6.07) is 1.79. The van der Waals surface area contributed by atoms with E-state index in [1.807, 2.05) is 14.0 Å². The number of halogens is 2. The van der Waals surface area contributed by atoms with Crippen molar-refractivity contribution in [3.63, 3.8) is 0 Å². The van der Waals surface area contributed by atoms with Gasteiger partial charge in [0.25, 0.3) is 5.91 Å². The summed E-state index contributed by atoms with van der Waals surface area (Å²) >= 11 is 8.10. The molecule has 0 atom stereocenters. The first-order valence-electron chi connectivity index (χ1n) is 4.74. The second-order valence-corrected chi connectivity index (χ2v) is 6.71. The van der Waals surface area contributed by atoms with Crippen LogP contribution in [0.1, 0.15) is 15.4 Å². The lowest BCUT2D eigenvalue weighted by Crippen LogP contribution is -2.10. The summed E-state index contributed by atoms with van der Waals surface area (Å²) in [5, 5.41) is 7.00. The van der Waals surface area contributed by atoms with Crippen molar-refractivity contribution in [2.45, 2.75) is 6.92 Å². The number of hydrogen-bond acceptors (Lipinski definition) is 3. The number of nitrogens with zero attached hydrogens (tertiary/aromatic N) is 2. The number of rotatable bonds is 2. The lowest BCUT2D eigenvalue weighted by Gasteiger charge is -2.00. The molecule has 2 aromatic rings. The van der Waals surface area contributed by atoms with E-state index in [1.54, 1.807) is 16.9 Å². The minimum atomic E-state index is -0.127. The summed E-state index contributed by atoms with van der Waals surface area (Å²) < 4.78 is 3.46. The monoisotopic (exact) mass is 377 g/mol. The van der Waals surface area contributed by atoms with Gasteiger partial charge in [-0.3, -0.25) is 9.48 Å². The van der Waals surface area contributed by atoms with Gasteiger partial charge in [0, 0.05) is 17.7 Å². The van der Waals surface area contributed by atoms with Gasteiger partial charge < -0.3 is 5.32 Å². The van der Waals surface area contributed by atoms with Crippen molar-refractivity contribution >= 4 is 54.8 Å². The molecule has 0 spiro atoms. The highest BCUT2D eigenvalue weighted by Gasteiger charge is 2.14. The molecule has 1 amide bonds. The Hall–Kier alpha value is -0.660. The van der Waals surface area contributed by atoms with Crippen LogP contribution >= 0.6 is 43.2 Å². The number of thiophene rings is 1. The molecule has 0 bridgehead atoms. The molecule has 0 fully saturated rings. The molecule has 2 aromatic heterocycles. The van der Waals surface area contributed by atoms with E-state index >= 15 is 0 Å². The van der Waals surface area contributed by atoms with Crippen molar-refractivity contribution in [2.75, 3.05) is 5.32 Å². The Balaban J connectivity index is 2.19. The van der Waals surface area contributed by atoms with Crippen LogP contribution < -0.4 is 5.32 Å². The van der Waals surface area contributed by atoms with Crippen LogP contribution in [0.2, 0.25) is 0 Å². The van der Waals surface area contributed by atoms with Gasteiger partial charge in [-0.25, -0.2) is 0 Å². The van der Waals surface area contributed by atoms with Crippen molar-refractivity contribution in [2.24, 2.45) is 7.05 Å². The summed E-state index contributed by atoms with van der Waals surface area (Å²) in [5.41, 5.74) is 1.54. The minimum absolute atomic E-state index is 0.127. The number of aromatic nitrogens is 2. The zero-order chi connectivity index (χ0) is 12.6. The molecule has 0 aliphatic carbocycles. The largest absolute Gasteiger partial charge is 0.318 e. The van der Waals surface area contributed by atoms with Gasteiger partial charge in [0.05, 0.1) is 20.0 Å².